The number of halogens is 1. The molecule has 0 aliphatic carbocycles. The molecule has 0 saturated heterocycles. The molecule has 24 heavy (non-hydrogen) atoms. The molecule has 0 radical (unpaired) electrons. The van der Waals surface area contributed by atoms with Crippen LogP contribution in [-0.4, -0.2) is 20.0 Å². The molecule has 0 N–H and O–H groups in total. The SMILES string of the molecule is Cc1cnc(C#N)c(C(=N[S+]([O-])C(C)(C)C)c2cccc(Br)c2)c1. The first-order valence-corrected chi connectivity index (χ1v) is 9.26. The van der Waals surface area contributed by atoms with Gasteiger partial charge < -0.3 is 4.55 Å². The largest absolute Gasteiger partial charge is 0.591 e. The summed E-state index contributed by atoms with van der Waals surface area (Å²) in [6, 6.07) is 11.5. The average Bonchev–Trinajstić information content (AvgIpc) is 2.51. The van der Waals surface area contributed by atoms with Crippen molar-refractivity contribution in [3.05, 3.63) is 63.4 Å². The van der Waals surface area contributed by atoms with Crippen molar-refractivity contribution in [1.82, 2.24) is 4.98 Å². The molecule has 1 atom stereocenters. The molecule has 1 heterocycles. The molecule has 0 spiro atoms. The van der Waals surface area contributed by atoms with Gasteiger partial charge in [-0.1, -0.05) is 32.5 Å². The zero-order valence-electron chi connectivity index (χ0n) is 14.0. The zero-order chi connectivity index (χ0) is 17.9. The number of aryl methyl sites for hydroxylation is 1. The van der Waals surface area contributed by atoms with Crippen LogP contribution >= 0.6 is 15.9 Å². The van der Waals surface area contributed by atoms with E-state index in [9.17, 15) is 9.81 Å². The van der Waals surface area contributed by atoms with Crippen molar-refractivity contribution in [1.29, 1.82) is 5.26 Å². The first kappa shape index (κ1) is 18.7. The Bertz CT molecular complexity index is 822. The molecule has 6 heteroatoms. The van der Waals surface area contributed by atoms with Crippen LogP contribution in [0.15, 0.2) is 45.4 Å². The zero-order valence-corrected chi connectivity index (χ0v) is 16.4. The fourth-order valence-corrected chi connectivity index (χ4v) is 2.99. The van der Waals surface area contributed by atoms with E-state index in [4.69, 9.17) is 0 Å². The van der Waals surface area contributed by atoms with Gasteiger partial charge in [-0.2, -0.15) is 5.26 Å². The molecule has 2 aromatic rings. The third-order valence-electron chi connectivity index (χ3n) is 3.18. The molecule has 0 aliphatic heterocycles. The molecule has 0 bridgehead atoms. The molecule has 0 aliphatic rings. The molecule has 2 rings (SSSR count). The highest BCUT2D eigenvalue weighted by Crippen LogP contribution is 2.23. The van der Waals surface area contributed by atoms with Crippen LogP contribution in [-0.2, 0) is 11.4 Å². The number of hydrogen-bond donors (Lipinski definition) is 0. The third-order valence-corrected chi connectivity index (χ3v) is 5.07. The van der Waals surface area contributed by atoms with Crippen molar-refractivity contribution in [2.75, 3.05) is 0 Å². The molecule has 1 aromatic heterocycles. The smallest absolute Gasteiger partial charge is 0.150 e. The van der Waals surface area contributed by atoms with Crippen molar-refractivity contribution < 1.29 is 4.55 Å². The first-order chi connectivity index (χ1) is 11.2. The van der Waals surface area contributed by atoms with E-state index < -0.39 is 16.1 Å². The Morgan fingerprint density at radius 1 is 1.33 bits per heavy atom. The third kappa shape index (κ3) is 4.44. The Morgan fingerprint density at radius 3 is 2.62 bits per heavy atom. The van der Waals surface area contributed by atoms with Crippen LogP contribution in [0, 0.1) is 18.3 Å². The number of nitrogens with zero attached hydrogens (tertiary/aromatic N) is 3. The van der Waals surface area contributed by atoms with Crippen LogP contribution < -0.4 is 0 Å². The summed E-state index contributed by atoms with van der Waals surface area (Å²) in [5.41, 5.74) is 3.06. The highest BCUT2D eigenvalue weighted by molar-refractivity contribution is 9.10. The Kier molecular flexibility index (Phi) is 5.81. The lowest BCUT2D eigenvalue weighted by molar-refractivity contribution is 0.561. The minimum absolute atomic E-state index is 0.269. The van der Waals surface area contributed by atoms with E-state index in [-0.39, 0.29) is 5.69 Å². The maximum atomic E-state index is 12.6. The number of rotatable bonds is 3. The van der Waals surface area contributed by atoms with E-state index in [2.05, 4.69) is 31.4 Å². The Morgan fingerprint density at radius 2 is 2.04 bits per heavy atom. The summed E-state index contributed by atoms with van der Waals surface area (Å²) in [7, 11) is 0. The lowest BCUT2D eigenvalue weighted by atomic mass is 10.0. The van der Waals surface area contributed by atoms with E-state index in [1.54, 1.807) is 6.20 Å². The summed E-state index contributed by atoms with van der Waals surface area (Å²) in [4.78, 5) is 4.18. The van der Waals surface area contributed by atoms with Gasteiger partial charge in [-0.25, -0.2) is 4.98 Å². The van der Waals surface area contributed by atoms with Gasteiger partial charge in [-0.15, -0.1) is 0 Å². The maximum Gasteiger partial charge on any atom is 0.150 e. The lowest BCUT2D eigenvalue weighted by Crippen LogP contribution is -2.27. The van der Waals surface area contributed by atoms with E-state index in [0.29, 0.717) is 11.3 Å². The Balaban J connectivity index is 2.71. The topological polar surface area (TPSA) is 72.1 Å². The van der Waals surface area contributed by atoms with Crippen LogP contribution in [0.1, 0.15) is 43.2 Å². The van der Waals surface area contributed by atoms with E-state index in [1.807, 2.05) is 58.0 Å². The molecular weight excluding hydrogens is 386 g/mol. The quantitative estimate of drug-likeness (QED) is 0.565. The van der Waals surface area contributed by atoms with Crippen LogP contribution in [0.4, 0.5) is 0 Å². The summed E-state index contributed by atoms with van der Waals surface area (Å²) < 4.78 is 17.4. The van der Waals surface area contributed by atoms with Gasteiger partial charge in [0.15, 0.2) is 0 Å². The predicted octanol–water partition coefficient (Wildman–Crippen LogP) is 4.32. The van der Waals surface area contributed by atoms with Gasteiger partial charge >= 0.3 is 0 Å². The Hall–Kier alpha value is -1.68. The van der Waals surface area contributed by atoms with Crippen molar-refractivity contribution in [2.24, 2.45) is 4.40 Å². The average molecular weight is 404 g/mol. The standard InChI is InChI=1S/C18H18BrN3OS/c1-12-8-15(16(10-20)21-11-12)17(22-24(23)18(2,3)4)13-6-5-7-14(19)9-13/h5-9,11H,1-4H3. The highest BCUT2D eigenvalue weighted by atomic mass is 79.9. The van der Waals surface area contributed by atoms with Gasteiger partial charge in [-0.3, -0.25) is 0 Å². The van der Waals surface area contributed by atoms with Crippen molar-refractivity contribution >= 4 is 33.0 Å². The molecule has 124 valence electrons. The van der Waals surface area contributed by atoms with Gasteiger partial charge in [0, 0.05) is 21.8 Å². The van der Waals surface area contributed by atoms with Crippen LogP contribution in [0.25, 0.3) is 0 Å². The van der Waals surface area contributed by atoms with Gasteiger partial charge in [-0.05, 0) is 51.5 Å². The number of benzene rings is 1. The fourth-order valence-electron chi connectivity index (χ4n) is 1.95. The summed E-state index contributed by atoms with van der Waals surface area (Å²) in [5, 5.41) is 9.40. The molecule has 1 unspecified atom stereocenters. The number of hydrogen-bond acceptors (Lipinski definition) is 4. The second kappa shape index (κ2) is 7.47. The monoisotopic (exact) mass is 403 g/mol. The molecule has 0 amide bonds. The normalized spacial score (nSPS) is 13.5. The van der Waals surface area contributed by atoms with Crippen LogP contribution in [0.2, 0.25) is 0 Å². The molecular formula is C18H18BrN3OS. The van der Waals surface area contributed by atoms with E-state index in [0.717, 1.165) is 15.6 Å². The van der Waals surface area contributed by atoms with E-state index in [1.165, 1.54) is 0 Å². The summed E-state index contributed by atoms with van der Waals surface area (Å²) in [5.74, 6) is 0. The maximum absolute atomic E-state index is 12.6. The minimum atomic E-state index is -1.46. The highest BCUT2D eigenvalue weighted by Gasteiger charge is 2.28. The first-order valence-electron chi connectivity index (χ1n) is 7.36. The summed E-state index contributed by atoms with van der Waals surface area (Å²) in [6.45, 7) is 7.50. The van der Waals surface area contributed by atoms with Gasteiger partial charge in [0.25, 0.3) is 0 Å². The molecule has 0 saturated carbocycles. The van der Waals surface area contributed by atoms with Gasteiger partial charge in [0.1, 0.15) is 33.6 Å². The van der Waals surface area contributed by atoms with E-state index >= 15 is 0 Å². The van der Waals surface area contributed by atoms with Crippen molar-refractivity contribution in [3.8, 4) is 6.07 Å². The molecule has 4 nitrogen and oxygen atoms in total. The number of pyridine rings is 1. The molecule has 0 fully saturated rings. The number of aromatic nitrogens is 1. The second-order valence-corrected chi connectivity index (χ2v) is 9.15. The number of nitriles is 1. The van der Waals surface area contributed by atoms with Gasteiger partial charge in [0.05, 0.1) is 0 Å². The fraction of sp³-hybridized carbons (Fsp3) is 0.278. The van der Waals surface area contributed by atoms with Crippen molar-refractivity contribution in [3.63, 3.8) is 0 Å². The van der Waals surface area contributed by atoms with Gasteiger partial charge in [0.2, 0.25) is 0 Å². The lowest BCUT2D eigenvalue weighted by Gasteiger charge is -2.20. The minimum Gasteiger partial charge on any atom is -0.591 e. The summed E-state index contributed by atoms with van der Waals surface area (Å²) in [6.07, 6.45) is 1.64. The predicted molar refractivity (Wildman–Crippen MR) is 101 cm³/mol. The summed E-state index contributed by atoms with van der Waals surface area (Å²) >= 11 is 1.99. The van der Waals surface area contributed by atoms with Crippen LogP contribution in [0.3, 0.4) is 0 Å². The Labute approximate surface area is 154 Å². The van der Waals surface area contributed by atoms with Crippen molar-refractivity contribution in [2.45, 2.75) is 32.4 Å². The molecule has 1 aromatic carbocycles. The van der Waals surface area contributed by atoms with Crippen LogP contribution in [0.5, 0.6) is 0 Å². The second-order valence-electron chi connectivity index (χ2n) is 6.33.